The molecular weight excluding hydrogens is 316 g/mol. The van der Waals surface area contributed by atoms with E-state index in [-0.39, 0.29) is 4.90 Å². The Hall–Kier alpha value is -1.40. The van der Waals surface area contributed by atoms with Crippen LogP contribution in [0.15, 0.2) is 33.6 Å². The zero-order valence-corrected chi connectivity index (χ0v) is 15.3. The van der Waals surface area contributed by atoms with Crippen molar-refractivity contribution in [3.63, 3.8) is 0 Å². The first-order valence-corrected chi connectivity index (χ1v) is 9.59. The predicted octanol–water partition coefficient (Wildman–Crippen LogP) is 3.60. The van der Waals surface area contributed by atoms with Gasteiger partial charge in [0.15, 0.2) is 0 Å². The fraction of sp³-hybridized carbons (Fsp3) is 0.438. The molecule has 1 aromatic heterocycles. The first kappa shape index (κ1) is 17.0. The van der Waals surface area contributed by atoms with Gasteiger partial charge < -0.3 is 4.57 Å². The molecule has 0 spiro atoms. The number of rotatable bonds is 4. The van der Waals surface area contributed by atoms with Crippen LogP contribution in [-0.4, -0.2) is 13.0 Å². The van der Waals surface area contributed by atoms with E-state index >= 15 is 0 Å². The van der Waals surface area contributed by atoms with Crippen molar-refractivity contribution in [1.29, 1.82) is 0 Å². The molecule has 0 amide bonds. The van der Waals surface area contributed by atoms with Gasteiger partial charge in [0.05, 0.1) is 4.90 Å². The molecule has 0 radical (unpaired) electrons. The average Bonchev–Trinajstić information content (AvgIpc) is 2.74. The molecular formula is C16H22N2O2S2. The largest absolute Gasteiger partial charge is 0.320 e. The van der Waals surface area contributed by atoms with Crippen molar-refractivity contribution in [2.75, 3.05) is 0 Å². The minimum atomic E-state index is -3.68. The summed E-state index contributed by atoms with van der Waals surface area (Å²) in [5.41, 5.74) is 2.12. The highest BCUT2D eigenvalue weighted by Gasteiger charge is 2.16. The highest BCUT2D eigenvalue weighted by atomic mass is 32.2. The molecule has 120 valence electrons. The molecule has 2 aromatic rings. The summed E-state index contributed by atoms with van der Waals surface area (Å²) in [6.45, 7) is 10.9. The SMILES string of the molecule is CCn1c(C)c(C(C)C)s/c1=N/S(=O)(=O)c1ccc(C)cc1. The highest BCUT2D eigenvalue weighted by Crippen LogP contribution is 2.22. The number of thiazole rings is 1. The summed E-state index contributed by atoms with van der Waals surface area (Å²) in [4.78, 5) is 1.96. The van der Waals surface area contributed by atoms with E-state index in [0.717, 1.165) is 11.3 Å². The van der Waals surface area contributed by atoms with E-state index in [1.54, 1.807) is 24.3 Å². The second-order valence-corrected chi connectivity index (χ2v) is 8.23. The Bertz CT molecular complexity index is 826. The number of nitrogens with zero attached hydrogens (tertiary/aromatic N) is 2. The van der Waals surface area contributed by atoms with Crippen LogP contribution in [0.25, 0.3) is 0 Å². The van der Waals surface area contributed by atoms with Gasteiger partial charge >= 0.3 is 0 Å². The molecule has 22 heavy (non-hydrogen) atoms. The third kappa shape index (κ3) is 3.33. The first-order chi connectivity index (χ1) is 10.3. The van der Waals surface area contributed by atoms with Crippen LogP contribution in [0.3, 0.4) is 0 Å². The van der Waals surface area contributed by atoms with E-state index in [1.807, 2.05) is 25.3 Å². The maximum absolute atomic E-state index is 12.5. The van der Waals surface area contributed by atoms with Gasteiger partial charge in [-0.25, -0.2) is 0 Å². The third-order valence-electron chi connectivity index (χ3n) is 3.55. The van der Waals surface area contributed by atoms with Crippen molar-refractivity contribution in [3.8, 4) is 0 Å². The van der Waals surface area contributed by atoms with Crippen LogP contribution in [-0.2, 0) is 16.6 Å². The van der Waals surface area contributed by atoms with Crippen LogP contribution in [0.5, 0.6) is 0 Å². The van der Waals surface area contributed by atoms with Gasteiger partial charge in [0, 0.05) is 17.1 Å². The lowest BCUT2D eigenvalue weighted by Gasteiger charge is -2.05. The van der Waals surface area contributed by atoms with Crippen molar-refractivity contribution >= 4 is 21.4 Å². The number of aromatic nitrogens is 1. The Labute approximate surface area is 136 Å². The Balaban J connectivity index is 2.62. The van der Waals surface area contributed by atoms with Crippen LogP contribution in [0.2, 0.25) is 0 Å². The molecule has 6 heteroatoms. The van der Waals surface area contributed by atoms with Crippen molar-refractivity contribution in [2.45, 2.75) is 52.0 Å². The van der Waals surface area contributed by atoms with Crippen molar-refractivity contribution in [2.24, 2.45) is 4.40 Å². The topological polar surface area (TPSA) is 51.4 Å². The molecule has 0 bridgehead atoms. The maximum atomic E-state index is 12.5. The number of sulfonamides is 1. The van der Waals surface area contributed by atoms with Crippen LogP contribution < -0.4 is 4.80 Å². The lowest BCUT2D eigenvalue weighted by molar-refractivity contribution is 0.595. The molecule has 1 heterocycles. The average molecular weight is 338 g/mol. The molecule has 0 aliphatic rings. The second kappa shape index (κ2) is 6.38. The quantitative estimate of drug-likeness (QED) is 0.855. The minimum absolute atomic E-state index is 0.234. The maximum Gasteiger partial charge on any atom is 0.285 e. The van der Waals surface area contributed by atoms with Crippen molar-refractivity contribution in [1.82, 2.24) is 4.57 Å². The number of hydrogen-bond acceptors (Lipinski definition) is 3. The fourth-order valence-corrected chi connectivity index (χ4v) is 4.75. The molecule has 1 aromatic carbocycles. The van der Waals surface area contributed by atoms with E-state index in [9.17, 15) is 8.42 Å². The van der Waals surface area contributed by atoms with Gasteiger partial charge in [-0.2, -0.15) is 8.42 Å². The lowest BCUT2D eigenvalue weighted by atomic mass is 10.1. The predicted molar refractivity (Wildman–Crippen MR) is 90.7 cm³/mol. The third-order valence-corrected chi connectivity index (χ3v) is 6.43. The lowest BCUT2D eigenvalue weighted by Crippen LogP contribution is -2.17. The zero-order valence-electron chi connectivity index (χ0n) is 13.6. The monoisotopic (exact) mass is 338 g/mol. The summed E-state index contributed by atoms with van der Waals surface area (Å²) in [6, 6.07) is 6.79. The van der Waals surface area contributed by atoms with Crippen LogP contribution in [0.4, 0.5) is 0 Å². The van der Waals surface area contributed by atoms with E-state index in [2.05, 4.69) is 18.2 Å². The van der Waals surface area contributed by atoms with E-state index in [0.29, 0.717) is 17.3 Å². The first-order valence-electron chi connectivity index (χ1n) is 7.34. The van der Waals surface area contributed by atoms with Crippen LogP contribution >= 0.6 is 11.3 Å². The smallest absolute Gasteiger partial charge is 0.285 e. The number of hydrogen-bond donors (Lipinski definition) is 0. The van der Waals surface area contributed by atoms with Crippen LogP contribution in [0, 0.1) is 13.8 Å². The van der Waals surface area contributed by atoms with Gasteiger partial charge in [0.2, 0.25) is 4.80 Å². The minimum Gasteiger partial charge on any atom is -0.320 e. The molecule has 0 saturated carbocycles. The summed E-state index contributed by atoms with van der Waals surface area (Å²) in [6.07, 6.45) is 0. The van der Waals surface area contributed by atoms with Crippen LogP contribution in [0.1, 0.15) is 42.8 Å². The van der Waals surface area contributed by atoms with Crippen molar-refractivity contribution in [3.05, 3.63) is 45.2 Å². The second-order valence-electron chi connectivity index (χ2n) is 5.61. The summed E-state index contributed by atoms with van der Waals surface area (Å²) in [7, 11) is -3.68. The van der Waals surface area contributed by atoms with E-state index in [1.165, 1.54) is 16.2 Å². The van der Waals surface area contributed by atoms with Gasteiger partial charge in [-0.05, 0) is 38.8 Å². The summed E-state index contributed by atoms with van der Waals surface area (Å²) in [5, 5.41) is 0. The molecule has 2 rings (SSSR count). The molecule has 0 unspecified atom stereocenters. The summed E-state index contributed by atoms with van der Waals surface area (Å²) >= 11 is 1.46. The molecule has 0 N–H and O–H groups in total. The Morgan fingerprint density at radius 3 is 2.27 bits per heavy atom. The molecule has 0 saturated heterocycles. The standard InChI is InChI=1S/C16H22N2O2S2/c1-6-18-13(5)15(11(2)3)21-16(18)17-22(19,20)14-9-7-12(4)8-10-14/h7-11H,6H2,1-5H3/b17-16+. The van der Waals surface area contributed by atoms with Gasteiger partial charge in [0.1, 0.15) is 0 Å². The molecule has 4 nitrogen and oxygen atoms in total. The Kier molecular flexibility index (Phi) is 4.92. The number of benzene rings is 1. The zero-order chi connectivity index (χ0) is 16.5. The molecule has 0 atom stereocenters. The van der Waals surface area contributed by atoms with Crippen molar-refractivity contribution < 1.29 is 8.42 Å². The van der Waals surface area contributed by atoms with E-state index in [4.69, 9.17) is 0 Å². The number of aryl methyl sites for hydroxylation is 1. The highest BCUT2D eigenvalue weighted by molar-refractivity contribution is 7.90. The molecule has 0 aliphatic heterocycles. The molecule has 0 aliphatic carbocycles. The Morgan fingerprint density at radius 2 is 1.77 bits per heavy atom. The summed E-state index contributed by atoms with van der Waals surface area (Å²) < 4.78 is 31.0. The normalized spacial score (nSPS) is 13.1. The van der Waals surface area contributed by atoms with Gasteiger partial charge in [0.25, 0.3) is 10.0 Å². The van der Waals surface area contributed by atoms with Gasteiger partial charge in [-0.1, -0.05) is 31.5 Å². The Morgan fingerprint density at radius 1 is 1.18 bits per heavy atom. The summed E-state index contributed by atoms with van der Waals surface area (Å²) in [5.74, 6) is 0.355. The fourth-order valence-electron chi connectivity index (χ4n) is 2.35. The van der Waals surface area contributed by atoms with Gasteiger partial charge in [-0.15, -0.1) is 15.7 Å². The van der Waals surface area contributed by atoms with Gasteiger partial charge in [-0.3, -0.25) is 0 Å². The van der Waals surface area contributed by atoms with E-state index < -0.39 is 10.0 Å². The molecule has 0 fully saturated rings.